The number of nitrogens with zero attached hydrogens (tertiary/aromatic N) is 3. The van der Waals surface area contributed by atoms with Crippen molar-refractivity contribution in [1.29, 1.82) is 5.26 Å². The Morgan fingerprint density at radius 3 is 2.85 bits per heavy atom. The lowest BCUT2D eigenvalue weighted by molar-refractivity contribution is 0.364. The number of benzene rings is 1. The minimum absolute atomic E-state index is 0.0950. The minimum Gasteiger partial charge on any atom is -0.383 e. The molecule has 1 heterocycles. The Bertz CT molecular complexity index is 579. The van der Waals surface area contributed by atoms with Crippen LogP contribution >= 0.6 is 0 Å². The number of aromatic nitrogens is 2. The van der Waals surface area contributed by atoms with E-state index in [4.69, 9.17) is 5.26 Å². The quantitative estimate of drug-likeness (QED) is 0.870. The van der Waals surface area contributed by atoms with Gasteiger partial charge >= 0.3 is 0 Å². The molecule has 0 fully saturated rings. The van der Waals surface area contributed by atoms with Crippen LogP contribution in [0.4, 0.5) is 5.69 Å². The van der Waals surface area contributed by atoms with Crippen LogP contribution in [0.3, 0.4) is 0 Å². The highest BCUT2D eigenvalue weighted by molar-refractivity contribution is 5.61. The first-order valence-corrected chi connectivity index (χ1v) is 6.80. The fraction of sp³-hybridized carbons (Fsp3) is 0.375. The first-order valence-electron chi connectivity index (χ1n) is 6.80. The molecule has 0 bridgehead atoms. The van der Waals surface area contributed by atoms with Gasteiger partial charge < -0.3 is 9.88 Å². The van der Waals surface area contributed by atoms with Crippen LogP contribution < -0.4 is 5.32 Å². The van der Waals surface area contributed by atoms with Crippen molar-refractivity contribution in [3.05, 3.63) is 43.0 Å². The van der Waals surface area contributed by atoms with Crippen molar-refractivity contribution >= 4 is 5.69 Å². The molecule has 4 heteroatoms. The average Bonchev–Trinajstić information content (AvgIpc) is 2.97. The highest BCUT2D eigenvalue weighted by atomic mass is 15.1. The van der Waals surface area contributed by atoms with Crippen molar-refractivity contribution in [3.8, 4) is 11.8 Å². The summed E-state index contributed by atoms with van der Waals surface area (Å²) in [6, 6.07) is 10.4. The van der Waals surface area contributed by atoms with E-state index in [0.29, 0.717) is 6.42 Å². The van der Waals surface area contributed by atoms with Crippen molar-refractivity contribution in [2.24, 2.45) is 5.41 Å². The third-order valence-corrected chi connectivity index (χ3v) is 3.36. The molecule has 1 N–H and O–H groups in total. The number of para-hydroxylation sites is 2. The van der Waals surface area contributed by atoms with Crippen molar-refractivity contribution in [3.63, 3.8) is 0 Å². The summed E-state index contributed by atoms with van der Waals surface area (Å²) in [7, 11) is 0. The number of anilines is 1. The topological polar surface area (TPSA) is 53.6 Å². The summed E-state index contributed by atoms with van der Waals surface area (Å²) >= 11 is 0. The number of hydrogen-bond donors (Lipinski definition) is 1. The summed E-state index contributed by atoms with van der Waals surface area (Å²) in [5.41, 5.74) is 2.26. The second kappa shape index (κ2) is 6.25. The van der Waals surface area contributed by atoms with Gasteiger partial charge in [0.15, 0.2) is 0 Å². The Balaban J connectivity index is 2.09. The van der Waals surface area contributed by atoms with Gasteiger partial charge in [0.2, 0.25) is 0 Å². The molecular weight excluding hydrogens is 248 g/mol. The summed E-state index contributed by atoms with van der Waals surface area (Å²) in [5.74, 6) is 0. The normalized spacial score (nSPS) is 11.1. The van der Waals surface area contributed by atoms with Gasteiger partial charge in [-0.05, 0) is 24.0 Å². The lowest BCUT2D eigenvalue weighted by atomic mass is 9.88. The molecule has 104 valence electrons. The number of imidazole rings is 1. The molecule has 4 nitrogen and oxygen atoms in total. The molecule has 0 spiro atoms. The number of hydrogen-bond acceptors (Lipinski definition) is 3. The summed E-state index contributed by atoms with van der Waals surface area (Å²) in [6.07, 6.45) is 6.98. The monoisotopic (exact) mass is 268 g/mol. The third kappa shape index (κ3) is 3.61. The zero-order valence-electron chi connectivity index (χ0n) is 12.0. The standard InChI is InChI=1S/C16H20N4/c1-16(2,8-5-9-17)12-19-14-6-3-4-7-15(14)20-11-10-18-13-20/h3-4,6-7,10-11,13,19H,5,8,12H2,1-2H3. The van der Waals surface area contributed by atoms with Gasteiger partial charge in [-0.25, -0.2) is 4.98 Å². The van der Waals surface area contributed by atoms with Gasteiger partial charge in [-0.1, -0.05) is 26.0 Å². The predicted molar refractivity (Wildman–Crippen MR) is 80.7 cm³/mol. The lowest BCUT2D eigenvalue weighted by Crippen LogP contribution is -2.23. The maximum atomic E-state index is 8.70. The van der Waals surface area contributed by atoms with Crippen LogP contribution in [0.2, 0.25) is 0 Å². The average molecular weight is 268 g/mol. The highest BCUT2D eigenvalue weighted by Crippen LogP contribution is 2.25. The van der Waals surface area contributed by atoms with E-state index in [2.05, 4.69) is 42.4 Å². The molecule has 2 rings (SSSR count). The second-order valence-electron chi connectivity index (χ2n) is 5.66. The van der Waals surface area contributed by atoms with Crippen LogP contribution in [0.1, 0.15) is 26.7 Å². The molecule has 0 aliphatic carbocycles. The molecule has 1 aromatic carbocycles. The van der Waals surface area contributed by atoms with Crippen LogP contribution in [-0.4, -0.2) is 16.1 Å². The molecule has 20 heavy (non-hydrogen) atoms. The molecule has 0 atom stereocenters. The second-order valence-corrected chi connectivity index (χ2v) is 5.66. The van der Waals surface area contributed by atoms with E-state index in [1.165, 1.54) is 0 Å². The fourth-order valence-corrected chi connectivity index (χ4v) is 2.07. The van der Waals surface area contributed by atoms with Gasteiger partial charge in [0.05, 0.1) is 23.8 Å². The largest absolute Gasteiger partial charge is 0.383 e. The van der Waals surface area contributed by atoms with Crippen molar-refractivity contribution in [2.75, 3.05) is 11.9 Å². The van der Waals surface area contributed by atoms with Crippen molar-refractivity contribution in [2.45, 2.75) is 26.7 Å². The molecule has 0 unspecified atom stereocenters. The van der Waals surface area contributed by atoms with Gasteiger partial charge in [0, 0.05) is 25.4 Å². The van der Waals surface area contributed by atoms with E-state index in [0.717, 1.165) is 24.3 Å². The lowest BCUT2D eigenvalue weighted by Gasteiger charge is -2.25. The van der Waals surface area contributed by atoms with Gasteiger partial charge in [-0.2, -0.15) is 5.26 Å². The number of rotatable bonds is 6. The van der Waals surface area contributed by atoms with E-state index in [-0.39, 0.29) is 5.41 Å². The van der Waals surface area contributed by atoms with Crippen LogP contribution in [0.15, 0.2) is 43.0 Å². The Kier molecular flexibility index (Phi) is 4.41. The van der Waals surface area contributed by atoms with Gasteiger partial charge in [0.1, 0.15) is 0 Å². The molecule has 0 amide bonds. The zero-order chi connectivity index (χ0) is 14.4. The maximum Gasteiger partial charge on any atom is 0.0992 e. The Labute approximate surface area is 120 Å². The Morgan fingerprint density at radius 2 is 2.15 bits per heavy atom. The maximum absolute atomic E-state index is 8.70. The van der Waals surface area contributed by atoms with Crippen LogP contribution in [0.25, 0.3) is 5.69 Å². The molecule has 1 aromatic heterocycles. The van der Waals surface area contributed by atoms with Crippen molar-refractivity contribution < 1.29 is 0 Å². The van der Waals surface area contributed by atoms with E-state index in [9.17, 15) is 0 Å². The molecule has 0 saturated carbocycles. The third-order valence-electron chi connectivity index (χ3n) is 3.36. The Hall–Kier alpha value is -2.28. The smallest absolute Gasteiger partial charge is 0.0992 e. The first kappa shape index (κ1) is 14.1. The van der Waals surface area contributed by atoms with Crippen LogP contribution in [-0.2, 0) is 0 Å². The van der Waals surface area contributed by atoms with Crippen LogP contribution in [0.5, 0.6) is 0 Å². The van der Waals surface area contributed by atoms with Gasteiger partial charge in [0.25, 0.3) is 0 Å². The summed E-state index contributed by atoms with van der Waals surface area (Å²) < 4.78 is 1.99. The summed E-state index contributed by atoms with van der Waals surface area (Å²) in [4.78, 5) is 4.09. The molecule has 0 radical (unpaired) electrons. The minimum atomic E-state index is 0.0950. The highest BCUT2D eigenvalue weighted by Gasteiger charge is 2.17. The predicted octanol–water partition coefficient (Wildman–Crippen LogP) is 3.61. The number of nitrogens with one attached hydrogen (secondary N) is 1. The molecular formula is C16H20N4. The summed E-state index contributed by atoms with van der Waals surface area (Å²) in [6.45, 7) is 5.19. The fourth-order valence-electron chi connectivity index (χ4n) is 2.07. The van der Waals surface area contributed by atoms with E-state index in [1.54, 1.807) is 12.5 Å². The van der Waals surface area contributed by atoms with Gasteiger partial charge in [-0.15, -0.1) is 0 Å². The van der Waals surface area contributed by atoms with Gasteiger partial charge in [-0.3, -0.25) is 0 Å². The van der Waals surface area contributed by atoms with Crippen molar-refractivity contribution in [1.82, 2.24) is 9.55 Å². The SMILES string of the molecule is CC(C)(CCC#N)CNc1ccccc1-n1ccnc1. The van der Waals surface area contributed by atoms with E-state index >= 15 is 0 Å². The van der Waals surface area contributed by atoms with Crippen LogP contribution in [0, 0.1) is 16.7 Å². The summed E-state index contributed by atoms with van der Waals surface area (Å²) in [5, 5.41) is 12.2. The zero-order valence-corrected chi connectivity index (χ0v) is 12.0. The van der Waals surface area contributed by atoms with E-state index < -0.39 is 0 Å². The molecule has 2 aromatic rings. The number of nitriles is 1. The Morgan fingerprint density at radius 1 is 1.35 bits per heavy atom. The molecule has 0 aliphatic heterocycles. The first-order chi connectivity index (χ1) is 9.62. The van der Waals surface area contributed by atoms with E-state index in [1.807, 2.05) is 22.9 Å². The molecule has 0 saturated heterocycles. The molecule has 0 aliphatic rings.